The van der Waals surface area contributed by atoms with E-state index in [0.29, 0.717) is 0 Å². The number of hydrogen-bond donors (Lipinski definition) is 0. The highest BCUT2D eigenvalue weighted by molar-refractivity contribution is 6.91. The summed E-state index contributed by atoms with van der Waals surface area (Å²) in [5.41, 5.74) is 2.41. The van der Waals surface area contributed by atoms with Gasteiger partial charge in [-0.15, -0.1) is 0 Å². The summed E-state index contributed by atoms with van der Waals surface area (Å²) in [5, 5.41) is 0.198. The van der Waals surface area contributed by atoms with Gasteiger partial charge in [-0.2, -0.15) is 0 Å². The van der Waals surface area contributed by atoms with Gasteiger partial charge < -0.3 is 16.5 Å². The van der Waals surface area contributed by atoms with Crippen LogP contribution in [0, 0.1) is 11.3 Å². The van der Waals surface area contributed by atoms with Crippen LogP contribution in [0.25, 0.3) is 0 Å². The monoisotopic (exact) mass is 402 g/mol. The lowest BCUT2D eigenvalue weighted by molar-refractivity contribution is 0.159. The third-order valence-electron chi connectivity index (χ3n) is 6.39. The van der Waals surface area contributed by atoms with Crippen molar-refractivity contribution in [3.63, 3.8) is 0 Å². The molecule has 0 aromatic carbocycles. The summed E-state index contributed by atoms with van der Waals surface area (Å²) in [5.74, 6) is 0.848. The second-order valence-electron chi connectivity index (χ2n) is 9.54. The Kier molecular flexibility index (Phi) is 4.46. The SMILES string of the molecule is CC=[Si]1O[Si](C)(C)O[Si](C)(C)O[Si](C)(C23CCC(CC2(C)C)C3)O1. The Bertz CT molecular complexity index is 562. The van der Waals surface area contributed by atoms with E-state index in [1.807, 2.05) is 0 Å². The molecule has 1 saturated heterocycles. The normalized spacial score (nSPS) is 44.5. The maximum Gasteiger partial charge on any atom is 0.448 e. The third kappa shape index (κ3) is 2.96. The van der Waals surface area contributed by atoms with Gasteiger partial charge in [0.15, 0.2) is 0 Å². The molecule has 3 atom stereocenters. The Morgan fingerprint density at radius 1 is 0.958 bits per heavy atom. The average Bonchev–Trinajstić information content (AvgIpc) is 2.89. The number of rotatable bonds is 1. The molecule has 4 nitrogen and oxygen atoms in total. The van der Waals surface area contributed by atoms with E-state index < -0.39 is 34.6 Å². The van der Waals surface area contributed by atoms with Crippen LogP contribution in [0.5, 0.6) is 0 Å². The molecule has 0 spiro atoms. The van der Waals surface area contributed by atoms with Crippen LogP contribution in [0.4, 0.5) is 0 Å². The van der Waals surface area contributed by atoms with Crippen LogP contribution in [0.15, 0.2) is 0 Å². The van der Waals surface area contributed by atoms with Crippen molar-refractivity contribution in [2.75, 3.05) is 0 Å². The molecule has 24 heavy (non-hydrogen) atoms. The molecular weight excluding hydrogens is 369 g/mol. The van der Waals surface area contributed by atoms with Gasteiger partial charge in [-0.05, 0) is 82.3 Å². The quantitative estimate of drug-likeness (QED) is 0.609. The zero-order valence-corrected chi connectivity index (χ0v) is 20.6. The molecule has 3 unspecified atom stereocenters. The second kappa shape index (κ2) is 5.63. The van der Waals surface area contributed by atoms with E-state index >= 15 is 0 Å². The summed E-state index contributed by atoms with van der Waals surface area (Å²) >= 11 is 0. The molecule has 8 heteroatoms. The molecule has 2 bridgehead atoms. The van der Waals surface area contributed by atoms with Gasteiger partial charge in [-0.1, -0.05) is 13.8 Å². The van der Waals surface area contributed by atoms with E-state index in [1.54, 1.807) is 0 Å². The molecular formula is C16H34O4Si4. The maximum atomic E-state index is 6.97. The maximum absolute atomic E-state index is 6.97. The van der Waals surface area contributed by atoms with Gasteiger partial charge in [0.05, 0.1) is 0 Å². The lowest BCUT2D eigenvalue weighted by Crippen LogP contribution is -2.66. The van der Waals surface area contributed by atoms with Crippen molar-refractivity contribution >= 4 is 40.3 Å². The minimum atomic E-state index is -2.46. The highest BCUT2D eigenvalue weighted by atomic mass is 28.5. The largest absolute Gasteiger partial charge is 0.560 e. The Balaban J connectivity index is 2.04. The van der Waals surface area contributed by atoms with Crippen molar-refractivity contribution in [3.8, 4) is 0 Å². The Morgan fingerprint density at radius 3 is 2.12 bits per heavy atom. The lowest BCUT2D eigenvalue weighted by Gasteiger charge is -2.54. The fourth-order valence-electron chi connectivity index (χ4n) is 5.77. The van der Waals surface area contributed by atoms with Crippen LogP contribution in [-0.2, 0) is 16.5 Å². The predicted octanol–water partition coefficient (Wildman–Crippen LogP) is 4.40. The first-order valence-electron chi connectivity index (χ1n) is 9.28. The summed E-state index contributed by atoms with van der Waals surface area (Å²) in [6.07, 6.45) is 5.16. The number of fused-ring (bicyclic) bond motifs is 2. The molecule has 0 amide bonds. The molecule has 3 rings (SSSR count). The van der Waals surface area contributed by atoms with Gasteiger partial charge in [0, 0.05) is 5.04 Å². The van der Waals surface area contributed by atoms with Crippen molar-refractivity contribution in [1.82, 2.24) is 0 Å². The highest BCUT2D eigenvalue weighted by Crippen LogP contribution is 2.73. The van der Waals surface area contributed by atoms with Gasteiger partial charge in [0.1, 0.15) is 0 Å². The van der Waals surface area contributed by atoms with Crippen molar-refractivity contribution in [2.45, 2.75) is 84.2 Å². The molecule has 0 N–H and O–H groups in total. The van der Waals surface area contributed by atoms with E-state index in [4.69, 9.17) is 16.5 Å². The number of hydrogen-bond acceptors (Lipinski definition) is 4. The first-order chi connectivity index (χ1) is 10.8. The molecule has 0 aromatic heterocycles. The summed E-state index contributed by atoms with van der Waals surface area (Å²) in [6, 6.07) is 0. The molecule has 3 fully saturated rings. The van der Waals surface area contributed by atoms with Crippen molar-refractivity contribution in [2.24, 2.45) is 11.3 Å². The predicted molar refractivity (Wildman–Crippen MR) is 107 cm³/mol. The first-order valence-corrected chi connectivity index (χ1v) is 18.6. The van der Waals surface area contributed by atoms with Gasteiger partial charge in [0.25, 0.3) is 0 Å². The zero-order valence-electron chi connectivity index (χ0n) is 16.6. The van der Waals surface area contributed by atoms with Crippen molar-refractivity contribution in [1.29, 1.82) is 0 Å². The zero-order chi connectivity index (χ0) is 18.0. The minimum Gasteiger partial charge on any atom is -0.560 e. The first kappa shape index (κ1) is 19.0. The van der Waals surface area contributed by atoms with E-state index in [2.05, 4.69) is 59.2 Å². The molecule has 2 saturated carbocycles. The standard InChI is InChI=1S/C16H34O4Si4/c1-9-21-17-22(4,5)19-23(6,7)20-24(8,18-21)16-11-10-14(13-16)12-15(16,2)3/h9,14H,10-13H2,1-8H3. The lowest BCUT2D eigenvalue weighted by atomic mass is 9.76. The average molecular weight is 403 g/mol. The van der Waals surface area contributed by atoms with Crippen LogP contribution in [-0.4, -0.2) is 40.3 Å². The van der Waals surface area contributed by atoms with E-state index in [0.717, 1.165) is 5.92 Å². The summed E-state index contributed by atoms with van der Waals surface area (Å²) in [7, 11) is -8.41. The summed E-state index contributed by atoms with van der Waals surface area (Å²) < 4.78 is 26.8. The Morgan fingerprint density at radius 2 is 1.62 bits per heavy atom. The van der Waals surface area contributed by atoms with Crippen LogP contribution in [0.2, 0.25) is 37.8 Å². The molecule has 1 aliphatic heterocycles. The van der Waals surface area contributed by atoms with Gasteiger partial charge in [0.2, 0.25) is 0 Å². The van der Waals surface area contributed by atoms with Crippen LogP contribution < -0.4 is 0 Å². The molecule has 0 aromatic rings. The highest BCUT2D eigenvalue weighted by Gasteiger charge is 2.71. The fourth-order valence-corrected chi connectivity index (χ4v) is 25.0. The van der Waals surface area contributed by atoms with Gasteiger partial charge in [-0.3, -0.25) is 0 Å². The van der Waals surface area contributed by atoms with E-state index in [9.17, 15) is 0 Å². The van der Waals surface area contributed by atoms with E-state index in [-0.39, 0.29) is 10.5 Å². The van der Waals surface area contributed by atoms with E-state index in [1.165, 1.54) is 25.7 Å². The minimum absolute atomic E-state index is 0.198. The Labute approximate surface area is 152 Å². The Hall–Kier alpha value is 0.258. The van der Waals surface area contributed by atoms with Crippen molar-refractivity contribution < 1.29 is 16.5 Å². The second-order valence-corrected chi connectivity index (χ2v) is 22.5. The van der Waals surface area contributed by atoms with Gasteiger partial charge >= 0.3 is 34.6 Å². The van der Waals surface area contributed by atoms with Crippen LogP contribution in [0.3, 0.4) is 0 Å². The van der Waals surface area contributed by atoms with Crippen LogP contribution in [0.1, 0.15) is 46.5 Å². The molecule has 1 heterocycles. The molecule has 3 aliphatic rings. The van der Waals surface area contributed by atoms with Crippen molar-refractivity contribution in [3.05, 3.63) is 0 Å². The fraction of sp³-hybridized carbons (Fsp3) is 0.938. The van der Waals surface area contributed by atoms with Crippen LogP contribution >= 0.6 is 0 Å². The third-order valence-corrected chi connectivity index (χ3v) is 22.3. The molecule has 138 valence electrons. The van der Waals surface area contributed by atoms with Gasteiger partial charge in [-0.25, -0.2) is 0 Å². The summed E-state index contributed by atoms with van der Waals surface area (Å²) in [6.45, 7) is 17.9. The molecule has 2 aliphatic carbocycles. The topological polar surface area (TPSA) is 36.9 Å². The summed E-state index contributed by atoms with van der Waals surface area (Å²) in [4.78, 5) is 0. The molecule has 0 radical (unpaired) electrons. The smallest absolute Gasteiger partial charge is 0.448 e.